The number of alkyl carbamates (subject to hydrolysis) is 1. The van der Waals surface area contributed by atoms with Gasteiger partial charge in [0.25, 0.3) is 0 Å². The van der Waals surface area contributed by atoms with E-state index in [2.05, 4.69) is 5.32 Å². The molecule has 1 fully saturated rings. The number of piperidine rings is 1. The number of β-amino-alcohol motifs (C(OH)–C–C–N with tert-alkyl or cyclic N) is 1. The summed E-state index contributed by atoms with van der Waals surface area (Å²) < 4.78 is 5.46. The maximum absolute atomic E-state index is 12.9. The second kappa shape index (κ2) is 9.62. The van der Waals surface area contributed by atoms with E-state index in [1.54, 1.807) is 0 Å². The molecule has 1 heterocycles. The highest BCUT2D eigenvalue weighted by molar-refractivity contribution is 5.89. The van der Waals surface area contributed by atoms with Crippen molar-refractivity contribution < 1.29 is 29.3 Å². The van der Waals surface area contributed by atoms with Crippen molar-refractivity contribution >= 4 is 18.0 Å². The van der Waals surface area contributed by atoms with E-state index in [1.807, 2.05) is 55.5 Å². The standard InChI is InChI=1S/C25H28N2O6/c1-15-10-11-27(13-22(15)28)24(31)21(12-23(29)30)26-25(32)33-14-20-18-8-4-2-6-16(18)17-7-3-5-9-19(17)20/h2-9,15,20-22,28H,10-14H2,1H3,(H,26,32)(H,29,30). The zero-order valence-electron chi connectivity index (χ0n) is 18.4. The largest absolute Gasteiger partial charge is 0.481 e. The number of carbonyl (C=O) groups is 3. The first-order valence-electron chi connectivity index (χ1n) is 11.1. The summed E-state index contributed by atoms with van der Waals surface area (Å²) in [6.45, 7) is 2.48. The van der Waals surface area contributed by atoms with E-state index in [0.29, 0.717) is 13.0 Å². The molecule has 0 aromatic heterocycles. The molecule has 4 rings (SSSR count). The van der Waals surface area contributed by atoms with Crippen LogP contribution in [0, 0.1) is 5.92 Å². The molecular weight excluding hydrogens is 424 g/mol. The van der Waals surface area contributed by atoms with Crippen LogP contribution in [0.25, 0.3) is 11.1 Å². The molecule has 3 N–H and O–H groups in total. The highest BCUT2D eigenvalue weighted by Crippen LogP contribution is 2.44. The molecule has 3 atom stereocenters. The van der Waals surface area contributed by atoms with Gasteiger partial charge < -0.3 is 25.2 Å². The molecule has 0 radical (unpaired) electrons. The summed E-state index contributed by atoms with van der Waals surface area (Å²) in [4.78, 5) is 38.2. The van der Waals surface area contributed by atoms with Crippen LogP contribution in [0.4, 0.5) is 4.79 Å². The van der Waals surface area contributed by atoms with E-state index < -0.39 is 36.5 Å². The van der Waals surface area contributed by atoms with Gasteiger partial charge in [-0.05, 0) is 34.6 Å². The number of rotatable bonds is 6. The lowest BCUT2D eigenvalue weighted by molar-refractivity contribution is -0.144. The van der Waals surface area contributed by atoms with Crippen LogP contribution in [0.15, 0.2) is 48.5 Å². The van der Waals surface area contributed by atoms with Crippen LogP contribution in [0.1, 0.15) is 36.8 Å². The molecule has 8 heteroatoms. The van der Waals surface area contributed by atoms with Crippen LogP contribution < -0.4 is 5.32 Å². The third kappa shape index (κ3) is 4.85. The number of nitrogens with one attached hydrogen (secondary N) is 1. The van der Waals surface area contributed by atoms with Gasteiger partial charge in [-0.2, -0.15) is 0 Å². The Bertz CT molecular complexity index is 1010. The normalized spacial score (nSPS) is 20.5. The van der Waals surface area contributed by atoms with Crippen LogP contribution >= 0.6 is 0 Å². The quantitative estimate of drug-likeness (QED) is 0.620. The molecule has 8 nitrogen and oxygen atoms in total. The van der Waals surface area contributed by atoms with E-state index in [4.69, 9.17) is 4.74 Å². The molecule has 33 heavy (non-hydrogen) atoms. The molecule has 1 aliphatic heterocycles. The summed E-state index contributed by atoms with van der Waals surface area (Å²) in [7, 11) is 0. The van der Waals surface area contributed by atoms with Crippen molar-refractivity contribution in [3.63, 3.8) is 0 Å². The minimum atomic E-state index is -1.27. The van der Waals surface area contributed by atoms with Crippen LogP contribution in [0.2, 0.25) is 0 Å². The maximum atomic E-state index is 12.9. The number of hydrogen-bond donors (Lipinski definition) is 3. The van der Waals surface area contributed by atoms with Crippen molar-refractivity contribution in [2.24, 2.45) is 5.92 Å². The Balaban J connectivity index is 1.42. The average molecular weight is 453 g/mol. The summed E-state index contributed by atoms with van der Waals surface area (Å²) in [6, 6.07) is 14.6. The Morgan fingerprint density at radius 1 is 1.09 bits per heavy atom. The number of carboxylic acids is 1. The van der Waals surface area contributed by atoms with Gasteiger partial charge in [0.2, 0.25) is 5.91 Å². The van der Waals surface area contributed by atoms with Crippen molar-refractivity contribution in [2.45, 2.75) is 37.8 Å². The summed E-state index contributed by atoms with van der Waals surface area (Å²) in [5.41, 5.74) is 4.31. The lowest BCUT2D eigenvalue weighted by atomic mass is 9.95. The predicted molar refractivity (Wildman–Crippen MR) is 121 cm³/mol. The maximum Gasteiger partial charge on any atom is 0.407 e. The zero-order valence-corrected chi connectivity index (χ0v) is 18.4. The first kappa shape index (κ1) is 22.8. The summed E-state index contributed by atoms with van der Waals surface area (Å²) >= 11 is 0. The Hall–Kier alpha value is -3.39. The molecular formula is C25H28N2O6. The molecule has 1 aliphatic carbocycles. The second-order valence-electron chi connectivity index (χ2n) is 8.74. The number of aliphatic carboxylic acids is 1. The fraction of sp³-hybridized carbons (Fsp3) is 0.400. The van der Waals surface area contributed by atoms with Gasteiger partial charge in [0.1, 0.15) is 12.6 Å². The van der Waals surface area contributed by atoms with Gasteiger partial charge in [-0.15, -0.1) is 0 Å². The number of benzene rings is 2. The van der Waals surface area contributed by atoms with E-state index in [-0.39, 0.29) is 25.0 Å². The van der Waals surface area contributed by atoms with Crippen molar-refractivity contribution in [1.29, 1.82) is 0 Å². The van der Waals surface area contributed by atoms with E-state index in [9.17, 15) is 24.6 Å². The average Bonchev–Trinajstić information content (AvgIpc) is 3.12. The zero-order chi connectivity index (χ0) is 23.5. The first-order chi connectivity index (χ1) is 15.8. The van der Waals surface area contributed by atoms with Crippen LogP contribution in [0.5, 0.6) is 0 Å². The number of amides is 2. The fourth-order valence-corrected chi connectivity index (χ4v) is 4.63. The third-order valence-corrected chi connectivity index (χ3v) is 6.54. The number of ether oxygens (including phenoxy) is 1. The molecule has 174 valence electrons. The topological polar surface area (TPSA) is 116 Å². The molecule has 2 aromatic carbocycles. The lowest BCUT2D eigenvalue weighted by Gasteiger charge is -2.36. The van der Waals surface area contributed by atoms with E-state index >= 15 is 0 Å². The number of carboxylic acid groups (broad SMARTS) is 1. The number of hydrogen-bond acceptors (Lipinski definition) is 5. The number of likely N-dealkylation sites (tertiary alicyclic amines) is 1. The molecule has 3 unspecified atom stereocenters. The molecule has 2 amide bonds. The number of aliphatic hydroxyl groups is 1. The predicted octanol–water partition coefficient (Wildman–Crippen LogP) is 2.60. The smallest absolute Gasteiger partial charge is 0.407 e. The van der Waals surface area contributed by atoms with Crippen LogP contribution in [-0.4, -0.2) is 64.9 Å². The van der Waals surface area contributed by atoms with Gasteiger partial charge in [0.05, 0.1) is 12.5 Å². The SMILES string of the molecule is CC1CCN(C(=O)C(CC(=O)O)NC(=O)OCC2c3ccccc3-c3ccccc32)CC1O. The van der Waals surface area contributed by atoms with Crippen LogP contribution in [-0.2, 0) is 14.3 Å². The van der Waals surface area contributed by atoms with Crippen molar-refractivity contribution in [3.8, 4) is 11.1 Å². The lowest BCUT2D eigenvalue weighted by Crippen LogP contribution is -2.54. The Labute approximate surface area is 192 Å². The van der Waals surface area contributed by atoms with Gasteiger partial charge in [-0.1, -0.05) is 55.5 Å². The minimum Gasteiger partial charge on any atom is -0.481 e. The van der Waals surface area contributed by atoms with E-state index in [0.717, 1.165) is 22.3 Å². The van der Waals surface area contributed by atoms with Gasteiger partial charge in [0.15, 0.2) is 0 Å². The monoisotopic (exact) mass is 452 g/mol. The third-order valence-electron chi connectivity index (χ3n) is 6.54. The number of fused-ring (bicyclic) bond motifs is 3. The van der Waals surface area contributed by atoms with Gasteiger partial charge in [0, 0.05) is 19.0 Å². The number of aliphatic hydroxyl groups excluding tert-OH is 1. The fourth-order valence-electron chi connectivity index (χ4n) is 4.63. The number of carbonyl (C=O) groups excluding carboxylic acids is 2. The molecule has 0 spiro atoms. The minimum absolute atomic E-state index is 0.0575. The van der Waals surface area contributed by atoms with E-state index in [1.165, 1.54) is 4.90 Å². The highest BCUT2D eigenvalue weighted by atomic mass is 16.5. The number of nitrogens with zero attached hydrogens (tertiary/aromatic N) is 1. The van der Waals surface area contributed by atoms with Crippen molar-refractivity contribution in [2.75, 3.05) is 19.7 Å². The van der Waals surface area contributed by atoms with Crippen molar-refractivity contribution in [1.82, 2.24) is 10.2 Å². The Morgan fingerprint density at radius 2 is 1.70 bits per heavy atom. The molecule has 1 saturated heterocycles. The Morgan fingerprint density at radius 3 is 2.27 bits per heavy atom. The van der Waals surface area contributed by atoms with Crippen LogP contribution in [0.3, 0.4) is 0 Å². The molecule has 2 aromatic rings. The van der Waals surface area contributed by atoms with Crippen molar-refractivity contribution in [3.05, 3.63) is 59.7 Å². The second-order valence-corrected chi connectivity index (χ2v) is 8.74. The first-order valence-corrected chi connectivity index (χ1v) is 11.1. The van der Waals surface area contributed by atoms with Gasteiger partial charge in [-0.3, -0.25) is 9.59 Å². The molecule has 0 saturated carbocycles. The Kier molecular flexibility index (Phi) is 6.65. The molecule has 2 aliphatic rings. The summed E-state index contributed by atoms with van der Waals surface area (Å²) in [5, 5.41) is 21.8. The van der Waals surface area contributed by atoms with Gasteiger partial charge in [-0.25, -0.2) is 4.79 Å². The van der Waals surface area contributed by atoms with Gasteiger partial charge >= 0.3 is 12.1 Å². The molecule has 0 bridgehead atoms. The highest BCUT2D eigenvalue weighted by Gasteiger charge is 2.34. The summed E-state index contributed by atoms with van der Waals surface area (Å²) in [6.07, 6.45) is -1.48. The summed E-state index contributed by atoms with van der Waals surface area (Å²) in [5.74, 6) is -1.83.